The third-order valence-corrected chi connectivity index (χ3v) is 12.5. The highest BCUT2D eigenvalue weighted by molar-refractivity contribution is 5.80. The van der Waals surface area contributed by atoms with E-state index >= 15 is 0 Å². The topological polar surface area (TPSA) is 189 Å². The van der Waals surface area contributed by atoms with Gasteiger partial charge in [0.25, 0.3) is 0 Å². The summed E-state index contributed by atoms with van der Waals surface area (Å²) >= 11 is 0. The van der Waals surface area contributed by atoms with E-state index in [1.165, 1.54) is 135 Å². The van der Waals surface area contributed by atoms with E-state index < -0.39 is 74.2 Å². The summed E-state index contributed by atoms with van der Waals surface area (Å²) in [4.78, 5) is 13.1. The third kappa shape index (κ3) is 29.9. The molecule has 0 aromatic heterocycles. The standard InChI is InChI=1S/C51H97NO10/c1-3-5-7-9-11-13-15-16-17-18-19-20-21-22-23-24-25-26-27-29-31-33-35-37-39-44(55)50(60)52-42(41-61-51-49(59)48(58)47(57)45(40-53)62-51)46(56)43(54)38-36-34-32-30-28-14-12-10-8-6-4-2/h19-20,22-23,42-49,51,53-59H,3-18,21,24-41H2,1-2H3,(H,52,60)/b20-19-,23-22-. The van der Waals surface area contributed by atoms with Crippen LogP contribution in [0.4, 0.5) is 0 Å². The van der Waals surface area contributed by atoms with Gasteiger partial charge < -0.3 is 50.5 Å². The monoisotopic (exact) mass is 884 g/mol. The van der Waals surface area contributed by atoms with E-state index in [4.69, 9.17) is 9.47 Å². The van der Waals surface area contributed by atoms with Crippen molar-refractivity contribution in [1.82, 2.24) is 5.32 Å². The van der Waals surface area contributed by atoms with E-state index in [2.05, 4.69) is 43.5 Å². The summed E-state index contributed by atoms with van der Waals surface area (Å²) in [5.74, 6) is -0.701. The minimum atomic E-state index is -1.66. The van der Waals surface area contributed by atoms with Crippen LogP contribution in [0.3, 0.4) is 0 Å². The Kier molecular flexibility index (Phi) is 38.8. The van der Waals surface area contributed by atoms with Gasteiger partial charge in [0.1, 0.15) is 36.6 Å². The molecule has 9 atom stereocenters. The van der Waals surface area contributed by atoms with Crippen LogP contribution in [-0.4, -0.2) is 110 Å². The predicted octanol–water partition coefficient (Wildman–Crippen LogP) is 9.40. The first-order valence-corrected chi connectivity index (χ1v) is 25.7. The Morgan fingerprint density at radius 1 is 0.565 bits per heavy atom. The maximum absolute atomic E-state index is 13.1. The number of ether oxygens (including phenoxy) is 2. The third-order valence-electron chi connectivity index (χ3n) is 12.5. The van der Waals surface area contributed by atoms with Crippen molar-refractivity contribution in [1.29, 1.82) is 0 Å². The summed E-state index contributed by atoms with van der Waals surface area (Å²) in [6, 6.07) is -1.17. The highest BCUT2D eigenvalue weighted by Gasteiger charge is 2.44. The van der Waals surface area contributed by atoms with Crippen LogP contribution in [0.15, 0.2) is 24.3 Å². The maximum Gasteiger partial charge on any atom is 0.249 e. The first kappa shape index (κ1) is 58.6. The van der Waals surface area contributed by atoms with Gasteiger partial charge in [0.05, 0.1) is 25.4 Å². The first-order valence-electron chi connectivity index (χ1n) is 25.7. The number of carbonyl (C=O) groups is 1. The molecule has 0 spiro atoms. The molecule has 1 aliphatic heterocycles. The van der Waals surface area contributed by atoms with Crippen LogP contribution in [0.1, 0.15) is 226 Å². The fourth-order valence-electron chi connectivity index (χ4n) is 8.24. The highest BCUT2D eigenvalue weighted by atomic mass is 16.7. The van der Waals surface area contributed by atoms with Crippen LogP contribution < -0.4 is 5.32 Å². The normalized spacial score (nSPS) is 21.5. The Morgan fingerprint density at radius 3 is 1.44 bits per heavy atom. The zero-order chi connectivity index (χ0) is 45.5. The van der Waals surface area contributed by atoms with Crippen LogP contribution >= 0.6 is 0 Å². The molecule has 0 aromatic carbocycles. The number of amides is 1. The average molecular weight is 884 g/mol. The number of carbonyl (C=O) groups excluding carboxylic acids is 1. The van der Waals surface area contributed by atoms with Gasteiger partial charge >= 0.3 is 0 Å². The minimum Gasteiger partial charge on any atom is -0.394 e. The number of nitrogens with one attached hydrogen (secondary N) is 1. The molecule has 8 N–H and O–H groups in total. The quantitative estimate of drug-likeness (QED) is 0.0216. The van der Waals surface area contributed by atoms with E-state index in [9.17, 15) is 40.5 Å². The molecule has 1 saturated heterocycles. The molecule has 62 heavy (non-hydrogen) atoms. The Hall–Kier alpha value is -1.41. The lowest BCUT2D eigenvalue weighted by molar-refractivity contribution is -0.303. The Morgan fingerprint density at radius 2 is 0.984 bits per heavy atom. The van der Waals surface area contributed by atoms with Crippen molar-refractivity contribution in [3.63, 3.8) is 0 Å². The molecule has 0 saturated carbocycles. The molecule has 0 aliphatic carbocycles. The van der Waals surface area contributed by atoms with Gasteiger partial charge in [-0.05, 0) is 44.9 Å². The lowest BCUT2D eigenvalue weighted by Gasteiger charge is -2.40. The fourth-order valence-corrected chi connectivity index (χ4v) is 8.24. The van der Waals surface area contributed by atoms with E-state index in [1.54, 1.807) is 0 Å². The Labute approximate surface area is 378 Å². The molecule has 0 bridgehead atoms. The molecule has 1 heterocycles. The molecule has 0 radical (unpaired) electrons. The van der Waals surface area contributed by atoms with Gasteiger partial charge in [0.2, 0.25) is 5.91 Å². The van der Waals surface area contributed by atoms with Crippen molar-refractivity contribution < 1.29 is 50.0 Å². The second-order valence-corrected chi connectivity index (χ2v) is 18.2. The smallest absolute Gasteiger partial charge is 0.249 e. The lowest BCUT2D eigenvalue weighted by Crippen LogP contribution is -2.60. The van der Waals surface area contributed by atoms with Gasteiger partial charge in [-0.15, -0.1) is 0 Å². The lowest BCUT2D eigenvalue weighted by atomic mass is 9.98. The predicted molar refractivity (Wildman–Crippen MR) is 252 cm³/mol. The van der Waals surface area contributed by atoms with Crippen molar-refractivity contribution in [3.05, 3.63) is 24.3 Å². The van der Waals surface area contributed by atoms with E-state index in [0.717, 1.165) is 51.4 Å². The summed E-state index contributed by atoms with van der Waals surface area (Å²) in [6.45, 7) is 3.43. The van der Waals surface area contributed by atoms with Crippen LogP contribution in [0.2, 0.25) is 0 Å². The zero-order valence-corrected chi connectivity index (χ0v) is 39.6. The van der Waals surface area contributed by atoms with Gasteiger partial charge in [-0.25, -0.2) is 0 Å². The minimum absolute atomic E-state index is 0.254. The maximum atomic E-state index is 13.1. The summed E-state index contributed by atoms with van der Waals surface area (Å²) < 4.78 is 11.1. The molecule has 11 heteroatoms. The van der Waals surface area contributed by atoms with Gasteiger partial charge in [0, 0.05) is 0 Å². The molecule has 366 valence electrons. The number of allylic oxidation sites excluding steroid dienone is 4. The molecule has 9 unspecified atom stereocenters. The fraction of sp³-hybridized carbons (Fsp3) is 0.902. The van der Waals surface area contributed by atoms with Gasteiger partial charge in [-0.2, -0.15) is 0 Å². The van der Waals surface area contributed by atoms with E-state index in [1.807, 2.05) is 0 Å². The first-order chi connectivity index (χ1) is 30.2. The van der Waals surface area contributed by atoms with Gasteiger partial charge in [-0.3, -0.25) is 4.79 Å². The zero-order valence-electron chi connectivity index (χ0n) is 39.6. The molecule has 0 aromatic rings. The summed E-state index contributed by atoms with van der Waals surface area (Å²) in [5.41, 5.74) is 0. The van der Waals surface area contributed by atoms with Crippen molar-refractivity contribution >= 4 is 5.91 Å². The van der Waals surface area contributed by atoms with Crippen LogP contribution in [0, 0.1) is 0 Å². The molecule has 1 rings (SSSR count). The number of hydrogen-bond donors (Lipinski definition) is 8. The number of hydrogen-bond acceptors (Lipinski definition) is 10. The number of aliphatic hydroxyl groups is 7. The molecule has 1 aliphatic rings. The summed E-state index contributed by atoms with van der Waals surface area (Å²) in [6.07, 6.45) is 35.2. The van der Waals surface area contributed by atoms with Gasteiger partial charge in [-0.1, -0.05) is 205 Å². The van der Waals surface area contributed by atoms with Gasteiger partial charge in [0.15, 0.2) is 6.29 Å². The average Bonchev–Trinajstić information content (AvgIpc) is 3.27. The van der Waals surface area contributed by atoms with Crippen molar-refractivity contribution in [2.45, 2.75) is 281 Å². The van der Waals surface area contributed by atoms with Crippen molar-refractivity contribution in [3.8, 4) is 0 Å². The number of aliphatic hydroxyl groups excluding tert-OH is 7. The second-order valence-electron chi connectivity index (χ2n) is 18.2. The summed E-state index contributed by atoms with van der Waals surface area (Å²) in [7, 11) is 0. The van der Waals surface area contributed by atoms with Crippen LogP contribution in [0.5, 0.6) is 0 Å². The number of unbranched alkanes of at least 4 members (excludes halogenated alkanes) is 27. The SMILES string of the molecule is CCCCCCCCCCC/C=C\C/C=C\CCCCCCCCCCC(O)C(=O)NC(COC1OC(CO)C(O)C(O)C1O)C(O)C(O)CCCCCCCCCCCCC. The molecular formula is C51H97NO10. The van der Waals surface area contributed by atoms with Crippen molar-refractivity contribution in [2.24, 2.45) is 0 Å². The second kappa shape index (κ2) is 41.1. The molecule has 11 nitrogen and oxygen atoms in total. The Balaban J connectivity index is 2.33. The van der Waals surface area contributed by atoms with Crippen LogP contribution in [-0.2, 0) is 14.3 Å². The van der Waals surface area contributed by atoms with Crippen LogP contribution in [0.25, 0.3) is 0 Å². The number of rotatable bonds is 43. The van der Waals surface area contributed by atoms with E-state index in [-0.39, 0.29) is 6.42 Å². The summed E-state index contributed by atoms with van der Waals surface area (Å²) in [5, 5.41) is 75.7. The highest BCUT2D eigenvalue weighted by Crippen LogP contribution is 2.23. The van der Waals surface area contributed by atoms with Crippen molar-refractivity contribution in [2.75, 3.05) is 13.2 Å². The largest absolute Gasteiger partial charge is 0.394 e. The molecule has 1 fully saturated rings. The molecular weight excluding hydrogens is 787 g/mol. The van der Waals surface area contributed by atoms with E-state index in [0.29, 0.717) is 19.3 Å². The Bertz CT molecular complexity index is 1060. The molecule has 1 amide bonds.